The molecule has 3 aromatic rings. The van der Waals surface area contributed by atoms with E-state index in [2.05, 4.69) is 21.8 Å². The third-order valence-corrected chi connectivity index (χ3v) is 6.38. The van der Waals surface area contributed by atoms with Crippen LogP contribution in [0, 0.1) is 17.7 Å². The maximum atomic E-state index is 14.2. The first-order chi connectivity index (χ1) is 18.3. The van der Waals surface area contributed by atoms with Crippen molar-refractivity contribution in [1.82, 2.24) is 4.98 Å². The van der Waals surface area contributed by atoms with E-state index >= 15 is 0 Å². The summed E-state index contributed by atoms with van der Waals surface area (Å²) >= 11 is 1.00. The largest absolute Gasteiger partial charge is 0.506 e. The van der Waals surface area contributed by atoms with Crippen LogP contribution in [-0.4, -0.2) is 39.9 Å². The number of thioether (sulfide) groups is 1. The second-order valence-corrected chi connectivity index (χ2v) is 9.14. The van der Waals surface area contributed by atoms with Gasteiger partial charge in [0.05, 0.1) is 17.7 Å². The van der Waals surface area contributed by atoms with Gasteiger partial charge in [0.1, 0.15) is 40.2 Å². The minimum atomic E-state index is -1.44. The fraction of sp³-hybridized carbons (Fsp3) is 0.138. The number of carbonyl (C=O) groups excluding carboxylic acids is 1. The molecule has 0 aliphatic carbocycles. The molecule has 4 rings (SSSR count). The van der Waals surface area contributed by atoms with Gasteiger partial charge in [-0.15, -0.1) is 0 Å². The number of halogens is 1. The molecule has 9 heteroatoms. The van der Waals surface area contributed by atoms with E-state index in [0.29, 0.717) is 21.9 Å². The van der Waals surface area contributed by atoms with Crippen molar-refractivity contribution in [3.63, 3.8) is 0 Å². The summed E-state index contributed by atoms with van der Waals surface area (Å²) in [6.07, 6.45) is 3.20. The molecule has 0 spiro atoms. The summed E-state index contributed by atoms with van der Waals surface area (Å²) in [7, 11) is 1.19. The highest BCUT2D eigenvalue weighted by molar-refractivity contribution is 8.18. The topological polar surface area (TPSA) is 101 Å². The minimum absolute atomic E-state index is 0.0223. The van der Waals surface area contributed by atoms with Crippen molar-refractivity contribution in [1.29, 1.82) is 0 Å². The first-order valence-electron chi connectivity index (χ1n) is 11.4. The van der Waals surface area contributed by atoms with Crippen LogP contribution in [-0.2, 0) is 15.1 Å². The van der Waals surface area contributed by atoms with Crippen molar-refractivity contribution < 1.29 is 28.9 Å². The number of methoxy groups -OCH3 is 1. The molecule has 1 atom stereocenters. The summed E-state index contributed by atoms with van der Waals surface area (Å²) < 4.78 is 24.8. The van der Waals surface area contributed by atoms with Gasteiger partial charge in [0.25, 0.3) is 0 Å². The van der Waals surface area contributed by atoms with E-state index in [1.807, 2.05) is 0 Å². The molecule has 1 aromatic heterocycles. The Balaban J connectivity index is 1.59. The molecule has 2 aromatic carbocycles. The van der Waals surface area contributed by atoms with Crippen LogP contribution < -0.4 is 4.74 Å². The number of aromatic nitrogens is 1. The molecule has 192 valence electrons. The second kappa shape index (κ2) is 11.8. The SMILES string of the molecule is COC(=O)C1=C(O)/C(=C\c2ccccc2OCC#CC(C)(O)c2ccccn2)SC1=Nc1ccccc1F. The Labute approximate surface area is 223 Å². The molecule has 1 aliphatic heterocycles. The number of esters is 1. The van der Waals surface area contributed by atoms with E-state index in [-0.39, 0.29) is 28.7 Å². The Morgan fingerprint density at radius 1 is 1.16 bits per heavy atom. The number of carbonyl (C=O) groups is 1. The Kier molecular flexibility index (Phi) is 8.26. The molecule has 0 radical (unpaired) electrons. The third-order valence-electron chi connectivity index (χ3n) is 5.36. The lowest BCUT2D eigenvalue weighted by molar-refractivity contribution is -0.135. The van der Waals surface area contributed by atoms with Gasteiger partial charge in [-0.3, -0.25) is 4.98 Å². The number of para-hydroxylation sites is 2. The molecule has 38 heavy (non-hydrogen) atoms. The Hall–Kier alpha value is -4.39. The standard InChI is InChI=1S/C29H23FN2O5S/c1-29(35,24-14-7-8-16-31-24)15-9-17-37-22-13-6-3-10-19(22)18-23-26(33)25(28(34)36-2)27(38-23)32-21-12-5-4-11-20(21)30/h3-8,10-14,16,18,33,35H,17H2,1-2H3/b23-18+,32-27?. The molecule has 0 saturated carbocycles. The van der Waals surface area contributed by atoms with Gasteiger partial charge in [0.2, 0.25) is 0 Å². The molecule has 2 heterocycles. The molecular formula is C29H23FN2O5S. The van der Waals surface area contributed by atoms with E-state index in [1.54, 1.807) is 67.7 Å². The molecule has 1 aliphatic rings. The van der Waals surface area contributed by atoms with Crippen LogP contribution in [0.4, 0.5) is 10.1 Å². The van der Waals surface area contributed by atoms with Crippen molar-refractivity contribution in [3.8, 4) is 17.6 Å². The second-order valence-electron chi connectivity index (χ2n) is 8.11. The number of hydrogen-bond donors (Lipinski definition) is 2. The average Bonchev–Trinajstić information content (AvgIpc) is 3.23. The average molecular weight is 531 g/mol. The van der Waals surface area contributed by atoms with Crippen molar-refractivity contribution in [2.24, 2.45) is 4.99 Å². The minimum Gasteiger partial charge on any atom is -0.506 e. The summed E-state index contributed by atoms with van der Waals surface area (Å²) in [5, 5.41) is 21.5. The van der Waals surface area contributed by atoms with Gasteiger partial charge in [0.15, 0.2) is 5.60 Å². The molecular weight excluding hydrogens is 507 g/mol. The number of benzene rings is 2. The van der Waals surface area contributed by atoms with Crippen LogP contribution in [0.15, 0.2) is 94.2 Å². The van der Waals surface area contributed by atoms with Crippen molar-refractivity contribution in [2.75, 3.05) is 13.7 Å². The summed E-state index contributed by atoms with van der Waals surface area (Å²) in [5.74, 6) is 4.32. The summed E-state index contributed by atoms with van der Waals surface area (Å²) in [5.41, 5.74) is -0.562. The Bertz CT molecular complexity index is 1500. The number of aliphatic imine (C=N–C) groups is 1. The predicted octanol–water partition coefficient (Wildman–Crippen LogP) is 5.31. The highest BCUT2D eigenvalue weighted by Crippen LogP contribution is 2.41. The van der Waals surface area contributed by atoms with Gasteiger partial charge < -0.3 is 19.7 Å². The summed E-state index contributed by atoms with van der Waals surface area (Å²) in [6, 6.07) is 18.1. The lowest BCUT2D eigenvalue weighted by Crippen LogP contribution is -2.20. The maximum Gasteiger partial charge on any atom is 0.344 e. The van der Waals surface area contributed by atoms with Crippen LogP contribution in [0.25, 0.3) is 6.08 Å². The van der Waals surface area contributed by atoms with Crippen LogP contribution >= 0.6 is 11.8 Å². The first-order valence-corrected chi connectivity index (χ1v) is 12.2. The van der Waals surface area contributed by atoms with E-state index in [9.17, 15) is 19.4 Å². The van der Waals surface area contributed by atoms with E-state index in [0.717, 1.165) is 11.8 Å². The monoisotopic (exact) mass is 530 g/mol. The number of aliphatic hydroxyl groups is 2. The van der Waals surface area contributed by atoms with Crippen molar-refractivity contribution >= 4 is 34.5 Å². The van der Waals surface area contributed by atoms with Gasteiger partial charge in [-0.1, -0.05) is 60.0 Å². The molecule has 0 saturated heterocycles. The number of rotatable bonds is 6. The van der Waals surface area contributed by atoms with E-state index in [4.69, 9.17) is 9.47 Å². The van der Waals surface area contributed by atoms with Gasteiger partial charge >= 0.3 is 5.97 Å². The lowest BCUT2D eigenvalue weighted by atomic mass is 10.0. The highest BCUT2D eigenvalue weighted by Gasteiger charge is 2.33. The van der Waals surface area contributed by atoms with Crippen LogP contribution in [0.5, 0.6) is 5.75 Å². The maximum absolute atomic E-state index is 14.2. The third kappa shape index (κ3) is 6.11. The van der Waals surface area contributed by atoms with Crippen molar-refractivity contribution in [3.05, 3.63) is 106 Å². The molecule has 1 unspecified atom stereocenters. The summed E-state index contributed by atoms with van der Waals surface area (Å²) in [6.45, 7) is 1.53. The number of aliphatic hydroxyl groups excluding tert-OH is 1. The Morgan fingerprint density at radius 3 is 2.63 bits per heavy atom. The highest BCUT2D eigenvalue weighted by atomic mass is 32.2. The number of nitrogens with zero attached hydrogens (tertiary/aromatic N) is 2. The van der Waals surface area contributed by atoms with Crippen LogP contribution in [0.2, 0.25) is 0 Å². The zero-order valence-electron chi connectivity index (χ0n) is 20.5. The van der Waals surface area contributed by atoms with Gasteiger partial charge in [-0.2, -0.15) is 0 Å². The fourth-order valence-corrected chi connectivity index (χ4v) is 4.47. The molecule has 0 amide bonds. The van der Waals surface area contributed by atoms with E-state index in [1.165, 1.54) is 25.3 Å². The quantitative estimate of drug-likeness (QED) is 0.329. The zero-order chi connectivity index (χ0) is 27.1. The van der Waals surface area contributed by atoms with Gasteiger partial charge in [-0.05, 0) is 43.3 Å². The molecule has 2 N–H and O–H groups in total. The first kappa shape index (κ1) is 26.7. The molecule has 0 bridgehead atoms. The smallest absolute Gasteiger partial charge is 0.344 e. The van der Waals surface area contributed by atoms with Gasteiger partial charge in [0, 0.05) is 11.8 Å². The van der Waals surface area contributed by atoms with Crippen LogP contribution in [0.1, 0.15) is 18.2 Å². The lowest BCUT2D eigenvalue weighted by Gasteiger charge is -2.15. The molecule has 0 fully saturated rings. The number of hydrogen-bond acceptors (Lipinski definition) is 8. The van der Waals surface area contributed by atoms with Crippen molar-refractivity contribution in [2.45, 2.75) is 12.5 Å². The fourth-order valence-electron chi connectivity index (χ4n) is 3.45. The predicted molar refractivity (Wildman–Crippen MR) is 144 cm³/mol. The van der Waals surface area contributed by atoms with E-state index < -0.39 is 17.4 Å². The van der Waals surface area contributed by atoms with Gasteiger partial charge in [-0.25, -0.2) is 14.2 Å². The normalized spacial score (nSPS) is 16.6. The summed E-state index contributed by atoms with van der Waals surface area (Å²) in [4.78, 5) is 21.1. The zero-order valence-corrected chi connectivity index (χ0v) is 21.3. The number of pyridine rings is 1. The Morgan fingerprint density at radius 2 is 1.89 bits per heavy atom. The number of ether oxygens (including phenoxy) is 2. The van der Waals surface area contributed by atoms with Crippen LogP contribution in [0.3, 0.4) is 0 Å². The molecule has 7 nitrogen and oxygen atoms in total.